The van der Waals surface area contributed by atoms with Crippen molar-refractivity contribution in [3.8, 4) is 5.75 Å². The van der Waals surface area contributed by atoms with E-state index in [0.29, 0.717) is 27.6 Å². The lowest BCUT2D eigenvalue weighted by Crippen LogP contribution is -2.35. The molecule has 1 aromatic rings. The van der Waals surface area contributed by atoms with Crippen LogP contribution in [0.3, 0.4) is 0 Å². The number of amidine groups is 1. The molecule has 1 heterocycles. The van der Waals surface area contributed by atoms with Crippen LogP contribution in [0.5, 0.6) is 5.75 Å². The summed E-state index contributed by atoms with van der Waals surface area (Å²) in [7, 11) is 1.54. The van der Waals surface area contributed by atoms with Crippen LogP contribution < -0.4 is 4.74 Å². The molecule has 0 bridgehead atoms. The maximum atomic E-state index is 12.6. The molecule has 2 rings (SSSR count). The maximum Gasteiger partial charge on any atom is 0.283 e. The van der Waals surface area contributed by atoms with Crippen molar-refractivity contribution in [1.82, 2.24) is 4.90 Å². The van der Waals surface area contributed by atoms with Gasteiger partial charge in [-0.25, -0.2) is 0 Å². The van der Waals surface area contributed by atoms with E-state index >= 15 is 0 Å². The van der Waals surface area contributed by atoms with E-state index in [1.807, 2.05) is 0 Å². The zero-order valence-corrected chi connectivity index (χ0v) is 15.6. The summed E-state index contributed by atoms with van der Waals surface area (Å²) in [6.07, 6.45) is 2.21. The Kier molecular flexibility index (Phi) is 6.36. The first-order valence-corrected chi connectivity index (χ1v) is 9.13. The first-order chi connectivity index (χ1) is 11.0. The summed E-state index contributed by atoms with van der Waals surface area (Å²) >= 11 is 7.66. The maximum absolute atomic E-state index is 12.6. The molecule has 0 radical (unpaired) electrons. The van der Waals surface area contributed by atoms with Gasteiger partial charge in [0.2, 0.25) is 0 Å². The molecule has 0 saturated carbocycles. The lowest BCUT2D eigenvalue weighted by molar-refractivity contribution is 0.0998. The predicted octanol–water partition coefficient (Wildman–Crippen LogP) is 4.47. The quantitative estimate of drug-likeness (QED) is 0.782. The largest absolute Gasteiger partial charge is 0.496 e. The molecule has 1 amide bonds. The van der Waals surface area contributed by atoms with Crippen molar-refractivity contribution in [2.45, 2.75) is 44.9 Å². The van der Waals surface area contributed by atoms with Crippen molar-refractivity contribution in [3.05, 3.63) is 28.8 Å². The average molecular weight is 355 g/mol. The van der Waals surface area contributed by atoms with Gasteiger partial charge in [-0.05, 0) is 31.5 Å². The molecule has 0 aliphatic carbocycles. The second-order valence-electron chi connectivity index (χ2n) is 5.65. The summed E-state index contributed by atoms with van der Waals surface area (Å²) in [4.78, 5) is 19.2. The number of amides is 1. The van der Waals surface area contributed by atoms with Crippen molar-refractivity contribution in [2.24, 2.45) is 4.99 Å². The van der Waals surface area contributed by atoms with E-state index in [9.17, 15) is 4.79 Å². The van der Waals surface area contributed by atoms with Crippen LogP contribution in [0.1, 0.15) is 44.0 Å². The van der Waals surface area contributed by atoms with Gasteiger partial charge in [0, 0.05) is 22.9 Å². The number of carbonyl (C=O) groups excluding carboxylic acids is 1. The third-order valence-corrected chi connectivity index (χ3v) is 5.59. The highest BCUT2D eigenvalue weighted by Crippen LogP contribution is 2.32. The number of ether oxygens (including phenoxy) is 1. The van der Waals surface area contributed by atoms with Crippen LogP contribution in [0.15, 0.2) is 23.2 Å². The Morgan fingerprint density at radius 3 is 2.83 bits per heavy atom. The number of aliphatic imine (C=N–C) groups is 1. The molecule has 23 heavy (non-hydrogen) atoms. The monoisotopic (exact) mass is 354 g/mol. The molecule has 1 aliphatic heterocycles. The Morgan fingerprint density at radius 2 is 2.17 bits per heavy atom. The number of halogens is 1. The molecule has 6 heteroatoms. The Hall–Kier alpha value is -1.20. The predicted molar refractivity (Wildman–Crippen MR) is 97.9 cm³/mol. The van der Waals surface area contributed by atoms with Gasteiger partial charge < -0.3 is 9.64 Å². The molecule has 2 atom stereocenters. The van der Waals surface area contributed by atoms with Crippen molar-refractivity contribution in [3.63, 3.8) is 0 Å². The van der Waals surface area contributed by atoms with Crippen LogP contribution in [-0.4, -0.2) is 40.9 Å². The van der Waals surface area contributed by atoms with E-state index < -0.39 is 0 Å². The molecular weight excluding hydrogens is 332 g/mol. The van der Waals surface area contributed by atoms with Gasteiger partial charge in [-0.15, -0.1) is 0 Å². The molecule has 126 valence electrons. The van der Waals surface area contributed by atoms with Crippen LogP contribution in [0, 0.1) is 0 Å². The normalized spacial score (nSPS) is 22.7. The summed E-state index contributed by atoms with van der Waals surface area (Å²) in [6.45, 7) is 7.44. The van der Waals surface area contributed by atoms with Crippen molar-refractivity contribution in [2.75, 3.05) is 13.7 Å². The summed E-state index contributed by atoms with van der Waals surface area (Å²) in [5.41, 5.74) is 0.399. The molecule has 1 saturated heterocycles. The number of benzene rings is 1. The number of thioether (sulfide) groups is 1. The number of carbonyl (C=O) groups is 1. The summed E-state index contributed by atoms with van der Waals surface area (Å²) < 4.78 is 5.25. The number of unbranched alkanes of at least 4 members (excludes halogenated alkanes) is 1. The van der Waals surface area contributed by atoms with Gasteiger partial charge in [0.25, 0.3) is 5.91 Å². The van der Waals surface area contributed by atoms with Crippen molar-refractivity contribution < 1.29 is 9.53 Å². The molecule has 1 aliphatic rings. The molecule has 0 aromatic heterocycles. The van der Waals surface area contributed by atoms with Gasteiger partial charge >= 0.3 is 0 Å². The summed E-state index contributed by atoms with van der Waals surface area (Å²) in [6, 6.07) is 5.37. The fourth-order valence-electron chi connectivity index (χ4n) is 2.47. The second-order valence-corrected chi connectivity index (χ2v) is 7.44. The standard InChI is InChI=1S/C17H23ClN2O2S/c1-5-6-9-20-11(2)12(3)23-17(20)19-16(21)14-10-13(18)7-8-15(14)22-4/h7-8,10-12H,5-6,9H2,1-4H3/t11-,12-/m0/s1. The van der Waals surface area contributed by atoms with Gasteiger partial charge in [0.05, 0.1) is 12.7 Å². The van der Waals surface area contributed by atoms with E-state index in [2.05, 4.69) is 30.7 Å². The number of hydrogen-bond acceptors (Lipinski definition) is 3. The minimum absolute atomic E-state index is 0.311. The zero-order valence-electron chi connectivity index (χ0n) is 14.0. The minimum Gasteiger partial charge on any atom is -0.496 e. The minimum atomic E-state index is -0.311. The zero-order chi connectivity index (χ0) is 17.0. The fourth-order valence-corrected chi connectivity index (χ4v) is 3.85. The number of methoxy groups -OCH3 is 1. The topological polar surface area (TPSA) is 41.9 Å². The van der Waals surface area contributed by atoms with Crippen LogP contribution >= 0.6 is 23.4 Å². The number of nitrogens with zero attached hydrogens (tertiary/aromatic N) is 2. The molecule has 1 aromatic carbocycles. The second kappa shape index (κ2) is 8.06. The smallest absolute Gasteiger partial charge is 0.283 e. The molecule has 4 nitrogen and oxygen atoms in total. The van der Waals surface area contributed by atoms with Crippen LogP contribution in [0.2, 0.25) is 5.02 Å². The van der Waals surface area contributed by atoms with Gasteiger partial charge in [0.15, 0.2) is 5.17 Å². The average Bonchev–Trinajstić information content (AvgIpc) is 2.79. The summed E-state index contributed by atoms with van der Waals surface area (Å²) in [5, 5.41) is 1.71. The van der Waals surface area contributed by atoms with E-state index in [-0.39, 0.29) is 5.91 Å². The number of rotatable bonds is 5. The molecule has 1 fully saturated rings. The van der Waals surface area contributed by atoms with Gasteiger partial charge in [-0.2, -0.15) is 4.99 Å². The Morgan fingerprint density at radius 1 is 1.43 bits per heavy atom. The fraction of sp³-hybridized carbons (Fsp3) is 0.529. The Bertz CT molecular complexity index is 606. The third kappa shape index (κ3) is 4.21. The summed E-state index contributed by atoms with van der Waals surface area (Å²) in [5.74, 6) is 0.183. The van der Waals surface area contributed by atoms with Gasteiger partial charge in [-0.3, -0.25) is 4.79 Å². The highest BCUT2D eigenvalue weighted by atomic mass is 35.5. The van der Waals surface area contributed by atoms with Crippen molar-refractivity contribution in [1.29, 1.82) is 0 Å². The first-order valence-electron chi connectivity index (χ1n) is 7.87. The van der Waals surface area contributed by atoms with Crippen LogP contribution in [0.4, 0.5) is 0 Å². The SMILES string of the molecule is CCCCN1C(=NC(=O)c2cc(Cl)ccc2OC)S[C@@H](C)[C@@H]1C. The van der Waals surface area contributed by atoms with Crippen LogP contribution in [-0.2, 0) is 0 Å². The van der Waals surface area contributed by atoms with Crippen LogP contribution in [0.25, 0.3) is 0 Å². The Labute approximate surface area is 147 Å². The lowest BCUT2D eigenvalue weighted by Gasteiger charge is -2.24. The van der Waals surface area contributed by atoms with E-state index in [1.165, 1.54) is 7.11 Å². The molecule has 0 N–H and O–H groups in total. The van der Waals surface area contributed by atoms with Gasteiger partial charge in [0.1, 0.15) is 5.75 Å². The van der Waals surface area contributed by atoms with E-state index in [0.717, 1.165) is 24.6 Å². The van der Waals surface area contributed by atoms with E-state index in [1.54, 1.807) is 30.0 Å². The first kappa shape index (κ1) is 18.1. The number of hydrogen-bond donors (Lipinski definition) is 0. The molecule has 0 spiro atoms. The van der Waals surface area contributed by atoms with E-state index in [4.69, 9.17) is 16.3 Å². The van der Waals surface area contributed by atoms with Gasteiger partial charge in [-0.1, -0.05) is 43.6 Å². The molecular formula is C17H23ClN2O2S. The van der Waals surface area contributed by atoms with Crippen molar-refractivity contribution >= 4 is 34.4 Å². The third-order valence-electron chi connectivity index (χ3n) is 4.05. The highest BCUT2D eigenvalue weighted by Gasteiger charge is 2.33. The highest BCUT2D eigenvalue weighted by molar-refractivity contribution is 8.14. The Balaban J connectivity index is 2.28. The lowest BCUT2D eigenvalue weighted by atomic mass is 10.2. The molecule has 0 unspecified atom stereocenters.